The molecular formula is C23H23IN2S2. The maximum Gasteiger partial charge on any atom is 0.265 e. The van der Waals surface area contributed by atoms with Gasteiger partial charge < -0.3 is 28.9 Å². The first-order chi connectivity index (χ1) is 13.2. The zero-order valence-corrected chi connectivity index (χ0v) is 19.9. The molecule has 2 heterocycles. The molecular weight excluding hydrogens is 495 g/mol. The Labute approximate surface area is 192 Å². The average molecular weight is 518 g/mol. The standard InChI is InChI=1S/C23H23N2S2.HI/c1-5-16-9-11-18-20(13-16)26-22(24(18)7-3)15-23-25(8-4)19-12-10-17(6-2)14-21(19)27-23;/h5-6,9-15H,1-2,7-8H2,3-4H3;1H/q+1;/p-1. The molecule has 2 nitrogen and oxygen atoms in total. The lowest BCUT2D eigenvalue weighted by Crippen LogP contribution is -3.00. The van der Waals surface area contributed by atoms with Gasteiger partial charge in [0.05, 0.1) is 16.8 Å². The van der Waals surface area contributed by atoms with Gasteiger partial charge in [-0.25, -0.2) is 0 Å². The van der Waals surface area contributed by atoms with Crippen molar-refractivity contribution >= 4 is 57.2 Å². The van der Waals surface area contributed by atoms with Crippen molar-refractivity contribution in [2.45, 2.75) is 25.3 Å². The van der Waals surface area contributed by atoms with Crippen molar-refractivity contribution in [1.29, 1.82) is 0 Å². The second kappa shape index (κ2) is 8.84. The Morgan fingerprint density at radius 1 is 1.04 bits per heavy atom. The van der Waals surface area contributed by atoms with E-state index in [9.17, 15) is 0 Å². The third-order valence-corrected chi connectivity index (χ3v) is 7.05. The normalized spacial score (nSPS) is 14.2. The van der Waals surface area contributed by atoms with Gasteiger partial charge in [-0.3, -0.25) is 0 Å². The molecule has 0 aliphatic carbocycles. The molecule has 1 aliphatic heterocycles. The predicted molar refractivity (Wildman–Crippen MR) is 121 cm³/mol. The number of hydrogen-bond acceptors (Lipinski definition) is 3. The number of benzene rings is 2. The van der Waals surface area contributed by atoms with Gasteiger partial charge in [0.15, 0.2) is 0 Å². The van der Waals surface area contributed by atoms with E-state index >= 15 is 0 Å². The molecule has 2 aromatic carbocycles. The Morgan fingerprint density at radius 3 is 2.43 bits per heavy atom. The third kappa shape index (κ3) is 3.67. The van der Waals surface area contributed by atoms with Gasteiger partial charge in [0.25, 0.3) is 5.01 Å². The number of thiazole rings is 1. The number of fused-ring (bicyclic) bond motifs is 2. The van der Waals surface area contributed by atoms with E-state index in [0.717, 1.165) is 13.1 Å². The summed E-state index contributed by atoms with van der Waals surface area (Å²) in [5.41, 5.74) is 4.91. The largest absolute Gasteiger partial charge is 1.00 e. The number of halogens is 1. The molecule has 144 valence electrons. The van der Waals surface area contributed by atoms with Crippen molar-refractivity contribution in [2.24, 2.45) is 0 Å². The number of rotatable bonds is 5. The highest BCUT2D eigenvalue weighted by atomic mass is 127. The Morgan fingerprint density at radius 2 is 1.75 bits per heavy atom. The molecule has 0 amide bonds. The maximum atomic E-state index is 3.90. The summed E-state index contributed by atoms with van der Waals surface area (Å²) in [7, 11) is 0. The monoisotopic (exact) mass is 518 g/mol. The fourth-order valence-electron chi connectivity index (χ4n) is 3.47. The van der Waals surface area contributed by atoms with Crippen LogP contribution in [0, 0.1) is 0 Å². The highest BCUT2D eigenvalue weighted by molar-refractivity contribution is 8.03. The number of thioether (sulfide) groups is 1. The smallest absolute Gasteiger partial charge is 0.265 e. The van der Waals surface area contributed by atoms with Crippen LogP contribution in [0.15, 0.2) is 59.5 Å². The van der Waals surface area contributed by atoms with Gasteiger partial charge in [-0.2, -0.15) is 4.57 Å². The summed E-state index contributed by atoms with van der Waals surface area (Å²) >= 11 is 3.69. The maximum absolute atomic E-state index is 3.90. The lowest BCUT2D eigenvalue weighted by Gasteiger charge is -2.17. The van der Waals surface area contributed by atoms with Gasteiger partial charge in [0.2, 0.25) is 5.52 Å². The molecule has 5 heteroatoms. The number of nitrogens with zero attached hydrogens (tertiary/aromatic N) is 2. The van der Waals surface area contributed by atoms with E-state index in [1.807, 2.05) is 35.3 Å². The van der Waals surface area contributed by atoms with Crippen molar-refractivity contribution < 1.29 is 28.5 Å². The highest BCUT2D eigenvalue weighted by Gasteiger charge is 2.26. The molecule has 0 spiro atoms. The molecule has 0 atom stereocenters. The predicted octanol–water partition coefficient (Wildman–Crippen LogP) is 3.43. The van der Waals surface area contributed by atoms with E-state index in [0.29, 0.717) is 0 Å². The van der Waals surface area contributed by atoms with Crippen molar-refractivity contribution in [2.75, 3.05) is 11.4 Å². The zero-order valence-electron chi connectivity index (χ0n) is 16.1. The third-order valence-electron chi connectivity index (χ3n) is 4.86. The Hall–Kier alpha value is -1.57. The molecule has 0 saturated heterocycles. The topological polar surface area (TPSA) is 7.12 Å². The van der Waals surface area contributed by atoms with Gasteiger partial charge >= 0.3 is 0 Å². The van der Waals surface area contributed by atoms with E-state index in [1.165, 1.54) is 42.0 Å². The quantitative estimate of drug-likeness (QED) is 0.378. The number of aryl methyl sites for hydroxylation is 1. The number of anilines is 1. The van der Waals surface area contributed by atoms with Crippen LogP contribution in [0.3, 0.4) is 0 Å². The molecule has 0 unspecified atom stereocenters. The van der Waals surface area contributed by atoms with E-state index in [-0.39, 0.29) is 24.0 Å². The van der Waals surface area contributed by atoms with E-state index < -0.39 is 0 Å². The lowest BCUT2D eigenvalue weighted by atomic mass is 10.2. The summed E-state index contributed by atoms with van der Waals surface area (Å²) < 4.78 is 3.70. The number of hydrogen-bond donors (Lipinski definition) is 0. The van der Waals surface area contributed by atoms with E-state index in [1.54, 1.807) is 0 Å². The molecule has 0 saturated carbocycles. The molecule has 0 bridgehead atoms. The summed E-state index contributed by atoms with van der Waals surface area (Å²) in [6.45, 7) is 14.1. The van der Waals surface area contributed by atoms with Gasteiger partial charge in [0.1, 0.15) is 11.2 Å². The van der Waals surface area contributed by atoms with E-state index in [4.69, 9.17) is 0 Å². The molecule has 0 N–H and O–H groups in total. The number of aromatic nitrogens is 1. The van der Waals surface area contributed by atoms with Crippen LogP contribution in [0.4, 0.5) is 5.69 Å². The van der Waals surface area contributed by atoms with Crippen molar-refractivity contribution in [3.8, 4) is 0 Å². The zero-order chi connectivity index (χ0) is 19.0. The Balaban J connectivity index is 0.00000225. The summed E-state index contributed by atoms with van der Waals surface area (Å²) in [4.78, 5) is 3.70. The van der Waals surface area contributed by atoms with Gasteiger partial charge in [-0.05, 0) is 49.2 Å². The van der Waals surface area contributed by atoms with Crippen LogP contribution in [-0.4, -0.2) is 6.54 Å². The van der Waals surface area contributed by atoms with Gasteiger partial charge in [-0.15, -0.1) is 0 Å². The fourth-order valence-corrected chi connectivity index (χ4v) is 5.97. The molecule has 0 radical (unpaired) electrons. The summed E-state index contributed by atoms with van der Waals surface area (Å²) in [6.07, 6.45) is 6.16. The molecule has 0 fully saturated rings. The first-order valence-electron chi connectivity index (χ1n) is 9.20. The minimum absolute atomic E-state index is 0. The van der Waals surface area contributed by atoms with Crippen LogP contribution in [0.2, 0.25) is 0 Å². The Bertz CT molecular complexity index is 1080. The summed E-state index contributed by atoms with van der Waals surface area (Å²) in [5.74, 6) is 0. The van der Waals surface area contributed by atoms with Crippen molar-refractivity contribution in [1.82, 2.24) is 0 Å². The first kappa shape index (κ1) is 21.1. The highest BCUT2D eigenvalue weighted by Crippen LogP contribution is 2.47. The SMILES string of the molecule is C=Cc1ccc2c(c1)S/C(=C/c1sc3cc(C=C)ccc3[n+]1CC)N2CC.[I-]. The van der Waals surface area contributed by atoms with Crippen LogP contribution in [0.25, 0.3) is 28.4 Å². The minimum atomic E-state index is 0. The average Bonchev–Trinajstić information content (AvgIpc) is 3.22. The first-order valence-corrected chi connectivity index (χ1v) is 10.8. The van der Waals surface area contributed by atoms with Crippen molar-refractivity contribution in [3.63, 3.8) is 0 Å². The van der Waals surface area contributed by atoms with Gasteiger partial charge in [-0.1, -0.05) is 54.5 Å². The molecule has 1 aromatic heterocycles. The summed E-state index contributed by atoms with van der Waals surface area (Å²) in [5, 5.41) is 2.57. The van der Waals surface area contributed by atoms with Crippen LogP contribution < -0.4 is 33.4 Å². The molecule has 1 aliphatic rings. The van der Waals surface area contributed by atoms with Crippen LogP contribution in [0.5, 0.6) is 0 Å². The minimum Gasteiger partial charge on any atom is -1.00 e. The van der Waals surface area contributed by atoms with Crippen LogP contribution in [-0.2, 0) is 6.54 Å². The summed E-state index contributed by atoms with van der Waals surface area (Å²) in [6, 6.07) is 13.1. The molecule has 28 heavy (non-hydrogen) atoms. The van der Waals surface area contributed by atoms with Crippen LogP contribution >= 0.6 is 23.1 Å². The molecule has 3 aromatic rings. The lowest BCUT2D eigenvalue weighted by molar-refractivity contribution is -0.665. The second-order valence-electron chi connectivity index (χ2n) is 6.38. The second-order valence-corrected chi connectivity index (χ2v) is 8.50. The van der Waals surface area contributed by atoms with Crippen molar-refractivity contribution in [3.05, 3.63) is 70.7 Å². The molecule has 4 rings (SSSR count). The van der Waals surface area contributed by atoms with Gasteiger partial charge in [0, 0.05) is 17.5 Å². The van der Waals surface area contributed by atoms with E-state index in [2.05, 4.69) is 78.9 Å². The fraction of sp³-hybridized carbons (Fsp3) is 0.174. The Kier molecular flexibility index (Phi) is 6.68. The van der Waals surface area contributed by atoms with Crippen LogP contribution in [0.1, 0.15) is 30.0 Å².